The number of aryl methyl sites for hydroxylation is 1. The second-order valence-electron chi connectivity index (χ2n) is 3.90. The van der Waals surface area contributed by atoms with E-state index in [1.165, 1.54) is 31.3 Å². The third-order valence-corrected chi connectivity index (χ3v) is 4.10. The maximum Gasteiger partial charge on any atom is 0.288 e. The number of benzene rings is 1. The number of aromatic nitrogens is 2. The number of nitro groups is 1. The normalized spacial score (nSPS) is 11.3. The van der Waals surface area contributed by atoms with E-state index in [2.05, 4.69) is 14.9 Å². The van der Waals surface area contributed by atoms with Crippen LogP contribution in [0.25, 0.3) is 0 Å². The summed E-state index contributed by atoms with van der Waals surface area (Å²) in [7, 11) is -3.84. The standard InChI is InChI=1S/C10H9ClN4O4S/c1-6-4-9(15(16)17)7(11)5-8(6)14-20(18,19)10-2-3-12-13-10/h2-5,14H,1H3,(H,12,13). The van der Waals surface area contributed by atoms with E-state index < -0.39 is 14.9 Å². The summed E-state index contributed by atoms with van der Waals surface area (Å²) >= 11 is 5.75. The molecular formula is C10H9ClN4O4S. The Hall–Kier alpha value is -2.13. The number of hydrogen-bond donors (Lipinski definition) is 2. The Morgan fingerprint density at radius 3 is 2.70 bits per heavy atom. The van der Waals surface area contributed by atoms with Crippen molar-refractivity contribution in [2.24, 2.45) is 0 Å². The number of halogens is 1. The van der Waals surface area contributed by atoms with Gasteiger partial charge in [0.05, 0.1) is 16.8 Å². The van der Waals surface area contributed by atoms with Gasteiger partial charge in [0.1, 0.15) is 5.02 Å². The fraction of sp³-hybridized carbons (Fsp3) is 0.100. The molecule has 0 unspecified atom stereocenters. The Bertz CT molecular complexity index is 758. The first-order chi connectivity index (χ1) is 9.31. The van der Waals surface area contributed by atoms with Gasteiger partial charge in [0, 0.05) is 6.07 Å². The number of rotatable bonds is 4. The predicted octanol–water partition coefficient (Wildman–Crippen LogP) is 2.08. The molecule has 0 fully saturated rings. The number of sulfonamides is 1. The maximum atomic E-state index is 12.0. The van der Waals surface area contributed by atoms with E-state index in [9.17, 15) is 18.5 Å². The minimum Gasteiger partial charge on any atom is -0.278 e. The van der Waals surface area contributed by atoms with Gasteiger partial charge in [-0.3, -0.25) is 19.9 Å². The molecule has 10 heteroatoms. The van der Waals surface area contributed by atoms with Gasteiger partial charge < -0.3 is 0 Å². The summed E-state index contributed by atoms with van der Waals surface area (Å²) in [5.41, 5.74) is 0.257. The van der Waals surface area contributed by atoms with E-state index in [1.54, 1.807) is 0 Å². The van der Waals surface area contributed by atoms with E-state index in [-0.39, 0.29) is 21.4 Å². The number of hydrogen-bond acceptors (Lipinski definition) is 5. The molecule has 1 aromatic carbocycles. The van der Waals surface area contributed by atoms with Crippen LogP contribution < -0.4 is 4.72 Å². The van der Waals surface area contributed by atoms with Crippen molar-refractivity contribution < 1.29 is 13.3 Å². The first-order valence-corrected chi connectivity index (χ1v) is 7.14. The van der Waals surface area contributed by atoms with Gasteiger partial charge in [-0.2, -0.15) is 13.5 Å². The predicted molar refractivity (Wildman–Crippen MR) is 72.2 cm³/mol. The molecule has 0 saturated carbocycles. The number of H-pyrrole nitrogens is 1. The molecule has 2 N–H and O–H groups in total. The molecule has 8 nitrogen and oxygen atoms in total. The molecule has 0 aliphatic heterocycles. The Labute approximate surface area is 119 Å². The molecule has 20 heavy (non-hydrogen) atoms. The third-order valence-electron chi connectivity index (χ3n) is 2.50. The van der Waals surface area contributed by atoms with Crippen molar-refractivity contribution >= 4 is 33.0 Å². The minimum absolute atomic E-state index is 0.119. The molecule has 0 bridgehead atoms. The molecule has 0 amide bonds. The summed E-state index contributed by atoms with van der Waals surface area (Å²) in [4.78, 5) is 10.1. The number of nitrogens with one attached hydrogen (secondary N) is 2. The second-order valence-corrected chi connectivity index (χ2v) is 5.96. The molecule has 1 aromatic heterocycles. The SMILES string of the molecule is Cc1cc([N+](=O)[O-])c(Cl)cc1NS(=O)(=O)c1ccn[nH]1. The first kappa shape index (κ1) is 14.3. The van der Waals surface area contributed by atoms with Crippen molar-refractivity contribution in [3.63, 3.8) is 0 Å². The molecule has 2 aromatic rings. The van der Waals surface area contributed by atoms with Crippen molar-refractivity contribution in [1.29, 1.82) is 0 Å². The number of anilines is 1. The topological polar surface area (TPSA) is 118 Å². The van der Waals surface area contributed by atoms with E-state index in [0.717, 1.165) is 0 Å². The van der Waals surface area contributed by atoms with Crippen molar-refractivity contribution in [2.75, 3.05) is 4.72 Å². The third kappa shape index (κ3) is 2.73. The molecule has 0 spiro atoms. The molecule has 0 atom stereocenters. The van der Waals surface area contributed by atoms with Gasteiger partial charge in [0.25, 0.3) is 15.7 Å². The lowest BCUT2D eigenvalue weighted by molar-refractivity contribution is -0.384. The lowest BCUT2D eigenvalue weighted by atomic mass is 10.2. The number of nitrogens with zero attached hydrogens (tertiary/aromatic N) is 2. The van der Waals surface area contributed by atoms with Crippen LogP contribution in [-0.2, 0) is 10.0 Å². The highest BCUT2D eigenvalue weighted by Crippen LogP contribution is 2.31. The lowest BCUT2D eigenvalue weighted by Crippen LogP contribution is -2.14. The highest BCUT2D eigenvalue weighted by atomic mass is 35.5. The van der Waals surface area contributed by atoms with Crippen molar-refractivity contribution in [3.8, 4) is 0 Å². The largest absolute Gasteiger partial charge is 0.288 e. The summed E-state index contributed by atoms with van der Waals surface area (Å²) < 4.78 is 26.3. The summed E-state index contributed by atoms with van der Waals surface area (Å²) in [6.45, 7) is 1.54. The van der Waals surface area contributed by atoms with Crippen LogP contribution in [0.5, 0.6) is 0 Å². The van der Waals surface area contributed by atoms with Crippen LogP contribution in [-0.4, -0.2) is 23.5 Å². The molecule has 106 valence electrons. The van der Waals surface area contributed by atoms with Crippen molar-refractivity contribution in [3.05, 3.63) is 45.1 Å². The van der Waals surface area contributed by atoms with E-state index >= 15 is 0 Å². The number of aromatic amines is 1. The molecular weight excluding hydrogens is 308 g/mol. The van der Waals surface area contributed by atoms with Crippen LogP contribution in [0.4, 0.5) is 11.4 Å². The van der Waals surface area contributed by atoms with Gasteiger partial charge >= 0.3 is 0 Å². The van der Waals surface area contributed by atoms with Crippen molar-refractivity contribution in [1.82, 2.24) is 10.2 Å². The maximum absolute atomic E-state index is 12.0. The van der Waals surface area contributed by atoms with E-state index in [1.807, 2.05) is 0 Å². The zero-order valence-corrected chi connectivity index (χ0v) is 11.7. The van der Waals surface area contributed by atoms with Gasteiger partial charge in [0.15, 0.2) is 5.03 Å². The minimum atomic E-state index is -3.84. The highest BCUT2D eigenvalue weighted by Gasteiger charge is 2.20. The van der Waals surface area contributed by atoms with Crippen LogP contribution >= 0.6 is 11.6 Å². The van der Waals surface area contributed by atoms with Crippen LogP contribution in [0.2, 0.25) is 5.02 Å². The Balaban J connectivity index is 2.41. The summed E-state index contributed by atoms with van der Waals surface area (Å²) in [5, 5.41) is 16.3. The summed E-state index contributed by atoms with van der Waals surface area (Å²) in [5.74, 6) is 0. The molecule has 0 aliphatic rings. The first-order valence-electron chi connectivity index (χ1n) is 5.28. The summed E-state index contributed by atoms with van der Waals surface area (Å²) in [6.07, 6.45) is 1.30. The van der Waals surface area contributed by atoms with Crippen LogP contribution in [0.15, 0.2) is 29.4 Å². The van der Waals surface area contributed by atoms with Gasteiger partial charge in [-0.05, 0) is 24.6 Å². The van der Waals surface area contributed by atoms with Gasteiger partial charge in [-0.15, -0.1) is 0 Å². The average molecular weight is 317 g/mol. The van der Waals surface area contributed by atoms with Crippen molar-refractivity contribution in [2.45, 2.75) is 11.9 Å². The molecule has 0 aliphatic carbocycles. The molecule has 2 rings (SSSR count). The highest BCUT2D eigenvalue weighted by molar-refractivity contribution is 7.92. The fourth-order valence-electron chi connectivity index (χ4n) is 1.51. The smallest absolute Gasteiger partial charge is 0.278 e. The van der Waals surface area contributed by atoms with E-state index in [0.29, 0.717) is 5.56 Å². The zero-order valence-electron chi connectivity index (χ0n) is 10.1. The average Bonchev–Trinajstić information content (AvgIpc) is 2.87. The molecule has 0 radical (unpaired) electrons. The fourth-order valence-corrected chi connectivity index (χ4v) is 2.77. The van der Waals surface area contributed by atoms with Crippen LogP contribution in [0.1, 0.15) is 5.56 Å². The summed E-state index contributed by atoms with van der Waals surface area (Å²) in [6, 6.07) is 3.68. The monoisotopic (exact) mass is 316 g/mol. The van der Waals surface area contributed by atoms with Gasteiger partial charge in [-0.25, -0.2) is 0 Å². The quantitative estimate of drug-likeness (QED) is 0.661. The Morgan fingerprint density at radius 2 is 2.15 bits per heavy atom. The van der Waals surface area contributed by atoms with Gasteiger partial charge in [0.2, 0.25) is 0 Å². The lowest BCUT2D eigenvalue weighted by Gasteiger charge is -2.09. The molecule has 1 heterocycles. The Morgan fingerprint density at radius 1 is 1.45 bits per heavy atom. The van der Waals surface area contributed by atoms with Crippen LogP contribution in [0.3, 0.4) is 0 Å². The second kappa shape index (κ2) is 5.10. The Kier molecular flexibility index (Phi) is 3.64. The van der Waals surface area contributed by atoms with Gasteiger partial charge in [-0.1, -0.05) is 11.6 Å². The molecule has 0 saturated heterocycles. The zero-order chi connectivity index (χ0) is 14.9. The van der Waals surface area contributed by atoms with Crippen LogP contribution in [0, 0.1) is 17.0 Å². The number of nitro benzene ring substituents is 1. The van der Waals surface area contributed by atoms with E-state index in [4.69, 9.17) is 11.6 Å².